The van der Waals surface area contributed by atoms with Crippen molar-refractivity contribution in [1.29, 1.82) is 0 Å². The minimum absolute atomic E-state index is 0.225. The van der Waals surface area contributed by atoms with Crippen LogP contribution in [0.4, 0.5) is 4.39 Å². The van der Waals surface area contributed by atoms with E-state index in [2.05, 4.69) is 28.1 Å². The fourth-order valence-corrected chi connectivity index (χ4v) is 2.61. The summed E-state index contributed by atoms with van der Waals surface area (Å²) in [6.45, 7) is 6.42. The SMILES string of the molecule is Cc1ccc(F)cc1COc1c(C)cc(CBr)cc1C. The van der Waals surface area contributed by atoms with E-state index >= 15 is 0 Å². The molecule has 2 aromatic rings. The van der Waals surface area contributed by atoms with Gasteiger partial charge in [-0.25, -0.2) is 4.39 Å². The highest BCUT2D eigenvalue weighted by Gasteiger charge is 2.08. The van der Waals surface area contributed by atoms with E-state index in [-0.39, 0.29) is 5.82 Å². The lowest BCUT2D eigenvalue weighted by Gasteiger charge is -2.14. The molecule has 0 heterocycles. The number of halogens is 2. The molecular weight excluding hydrogens is 319 g/mol. The highest BCUT2D eigenvalue weighted by molar-refractivity contribution is 9.08. The topological polar surface area (TPSA) is 9.23 Å². The molecule has 0 saturated carbocycles. The molecule has 20 heavy (non-hydrogen) atoms. The van der Waals surface area contributed by atoms with Gasteiger partial charge >= 0.3 is 0 Å². The van der Waals surface area contributed by atoms with Crippen molar-refractivity contribution in [2.24, 2.45) is 0 Å². The fourth-order valence-electron chi connectivity index (χ4n) is 2.29. The Balaban J connectivity index is 2.21. The first-order valence-electron chi connectivity index (χ1n) is 6.55. The van der Waals surface area contributed by atoms with Crippen LogP contribution in [0, 0.1) is 26.6 Å². The molecule has 0 spiro atoms. The normalized spacial score (nSPS) is 10.7. The van der Waals surface area contributed by atoms with E-state index in [1.807, 2.05) is 20.8 Å². The predicted octanol–water partition coefficient (Wildman–Crippen LogP) is 5.22. The van der Waals surface area contributed by atoms with Gasteiger partial charge < -0.3 is 4.74 Å². The molecule has 0 saturated heterocycles. The molecule has 0 N–H and O–H groups in total. The molecular formula is C17H18BrFO. The summed E-state index contributed by atoms with van der Waals surface area (Å²) in [6.07, 6.45) is 0. The fraction of sp³-hybridized carbons (Fsp3) is 0.294. The third-order valence-electron chi connectivity index (χ3n) is 3.36. The molecule has 106 valence electrons. The quantitative estimate of drug-likeness (QED) is 0.695. The minimum Gasteiger partial charge on any atom is -0.488 e. The van der Waals surface area contributed by atoms with E-state index in [1.54, 1.807) is 6.07 Å². The van der Waals surface area contributed by atoms with E-state index in [0.717, 1.165) is 33.3 Å². The predicted molar refractivity (Wildman–Crippen MR) is 84.0 cm³/mol. The van der Waals surface area contributed by atoms with Crippen LogP contribution in [0.3, 0.4) is 0 Å². The Labute approximate surface area is 127 Å². The summed E-state index contributed by atoms with van der Waals surface area (Å²) >= 11 is 3.46. The highest BCUT2D eigenvalue weighted by Crippen LogP contribution is 2.27. The zero-order valence-corrected chi connectivity index (χ0v) is 13.6. The zero-order chi connectivity index (χ0) is 14.7. The summed E-state index contributed by atoms with van der Waals surface area (Å²) in [5.41, 5.74) is 5.36. The molecule has 0 atom stereocenters. The van der Waals surface area contributed by atoms with Gasteiger partial charge in [-0.1, -0.05) is 34.1 Å². The van der Waals surface area contributed by atoms with Crippen LogP contribution in [-0.4, -0.2) is 0 Å². The number of alkyl halides is 1. The maximum atomic E-state index is 13.3. The summed E-state index contributed by atoms with van der Waals surface area (Å²) in [5.74, 6) is 0.663. The molecule has 2 rings (SSSR count). The Hall–Kier alpha value is -1.35. The van der Waals surface area contributed by atoms with Gasteiger partial charge in [0.25, 0.3) is 0 Å². The Morgan fingerprint density at radius 3 is 2.25 bits per heavy atom. The van der Waals surface area contributed by atoms with Crippen molar-refractivity contribution in [1.82, 2.24) is 0 Å². The first-order chi connectivity index (χ1) is 9.51. The molecule has 0 amide bonds. The van der Waals surface area contributed by atoms with Crippen molar-refractivity contribution in [2.75, 3.05) is 0 Å². The van der Waals surface area contributed by atoms with Crippen LogP contribution < -0.4 is 4.74 Å². The molecule has 0 fully saturated rings. The Bertz CT molecular complexity index is 599. The number of benzene rings is 2. The lowest BCUT2D eigenvalue weighted by molar-refractivity contribution is 0.300. The van der Waals surface area contributed by atoms with Crippen LogP contribution in [0.2, 0.25) is 0 Å². The maximum absolute atomic E-state index is 13.3. The first kappa shape index (κ1) is 15.0. The molecule has 0 unspecified atom stereocenters. The van der Waals surface area contributed by atoms with E-state index in [0.29, 0.717) is 6.61 Å². The van der Waals surface area contributed by atoms with Crippen LogP contribution >= 0.6 is 15.9 Å². The molecule has 0 bridgehead atoms. The summed E-state index contributed by atoms with van der Waals surface area (Å²) in [5, 5.41) is 0.831. The van der Waals surface area contributed by atoms with Gasteiger partial charge in [0.15, 0.2) is 0 Å². The number of hydrogen-bond donors (Lipinski definition) is 0. The lowest BCUT2D eigenvalue weighted by atomic mass is 10.1. The third-order valence-corrected chi connectivity index (χ3v) is 4.01. The van der Waals surface area contributed by atoms with Gasteiger partial charge in [-0.2, -0.15) is 0 Å². The van der Waals surface area contributed by atoms with Gasteiger partial charge in [-0.15, -0.1) is 0 Å². The molecule has 1 nitrogen and oxygen atoms in total. The minimum atomic E-state index is -0.225. The molecule has 3 heteroatoms. The van der Waals surface area contributed by atoms with E-state index in [9.17, 15) is 4.39 Å². The largest absolute Gasteiger partial charge is 0.488 e. The number of ether oxygens (including phenoxy) is 1. The van der Waals surface area contributed by atoms with Crippen LogP contribution in [0.1, 0.15) is 27.8 Å². The van der Waals surface area contributed by atoms with Gasteiger partial charge in [0, 0.05) is 5.33 Å². The van der Waals surface area contributed by atoms with Gasteiger partial charge in [0.05, 0.1) is 0 Å². The van der Waals surface area contributed by atoms with Gasteiger partial charge in [0.2, 0.25) is 0 Å². The summed E-state index contributed by atoms with van der Waals surface area (Å²) in [4.78, 5) is 0. The second kappa shape index (κ2) is 6.40. The van der Waals surface area contributed by atoms with E-state index < -0.39 is 0 Å². The van der Waals surface area contributed by atoms with Crippen molar-refractivity contribution in [3.63, 3.8) is 0 Å². The standard InChI is InChI=1S/C17H18BrFO/c1-11-4-5-16(19)8-15(11)10-20-17-12(2)6-14(9-18)7-13(17)3/h4-8H,9-10H2,1-3H3. The average molecular weight is 337 g/mol. The first-order valence-corrected chi connectivity index (χ1v) is 7.67. The Morgan fingerprint density at radius 1 is 1.00 bits per heavy atom. The summed E-state index contributed by atoms with van der Waals surface area (Å²) in [6, 6.07) is 9.00. The summed E-state index contributed by atoms with van der Waals surface area (Å²) in [7, 11) is 0. The Morgan fingerprint density at radius 2 is 1.65 bits per heavy atom. The second-order valence-electron chi connectivity index (χ2n) is 5.05. The van der Waals surface area contributed by atoms with Crippen molar-refractivity contribution < 1.29 is 9.13 Å². The molecule has 0 aliphatic rings. The highest BCUT2D eigenvalue weighted by atomic mass is 79.9. The second-order valence-corrected chi connectivity index (χ2v) is 5.61. The van der Waals surface area contributed by atoms with Crippen molar-refractivity contribution >= 4 is 15.9 Å². The summed E-state index contributed by atoms with van der Waals surface area (Å²) < 4.78 is 19.2. The molecule has 2 aromatic carbocycles. The van der Waals surface area contributed by atoms with Gasteiger partial charge in [0.1, 0.15) is 18.2 Å². The van der Waals surface area contributed by atoms with Gasteiger partial charge in [-0.3, -0.25) is 0 Å². The van der Waals surface area contributed by atoms with Crippen LogP contribution in [0.15, 0.2) is 30.3 Å². The van der Waals surface area contributed by atoms with E-state index in [1.165, 1.54) is 17.7 Å². The number of hydrogen-bond acceptors (Lipinski definition) is 1. The monoisotopic (exact) mass is 336 g/mol. The zero-order valence-electron chi connectivity index (χ0n) is 12.0. The lowest BCUT2D eigenvalue weighted by Crippen LogP contribution is -2.02. The maximum Gasteiger partial charge on any atom is 0.125 e. The molecule has 0 aliphatic heterocycles. The smallest absolute Gasteiger partial charge is 0.125 e. The van der Waals surface area contributed by atoms with Crippen molar-refractivity contribution in [3.05, 3.63) is 64.0 Å². The van der Waals surface area contributed by atoms with Crippen LogP contribution in [-0.2, 0) is 11.9 Å². The van der Waals surface area contributed by atoms with Crippen LogP contribution in [0.5, 0.6) is 5.75 Å². The van der Waals surface area contributed by atoms with Crippen molar-refractivity contribution in [3.8, 4) is 5.75 Å². The third kappa shape index (κ3) is 3.40. The van der Waals surface area contributed by atoms with Crippen molar-refractivity contribution in [2.45, 2.75) is 32.7 Å². The average Bonchev–Trinajstić information content (AvgIpc) is 2.41. The van der Waals surface area contributed by atoms with E-state index in [4.69, 9.17) is 4.74 Å². The van der Waals surface area contributed by atoms with Crippen LogP contribution in [0.25, 0.3) is 0 Å². The number of rotatable bonds is 4. The molecule has 0 aromatic heterocycles. The van der Waals surface area contributed by atoms with Gasteiger partial charge in [-0.05, 0) is 60.7 Å². The Kier molecular flexibility index (Phi) is 4.81. The molecule has 0 aliphatic carbocycles. The number of aryl methyl sites for hydroxylation is 3. The molecule has 0 radical (unpaired) electrons.